The second-order valence-corrected chi connectivity index (χ2v) is 5.43. The van der Waals surface area contributed by atoms with Crippen LogP contribution in [-0.2, 0) is 4.74 Å². The highest BCUT2D eigenvalue weighted by molar-refractivity contribution is 9.09. The fourth-order valence-electron chi connectivity index (χ4n) is 2.14. The van der Waals surface area contributed by atoms with E-state index >= 15 is 0 Å². The maximum absolute atomic E-state index is 12.5. The number of aryl methyl sites for hydroxylation is 1. The Hall–Kier alpha value is -0.870. The van der Waals surface area contributed by atoms with Gasteiger partial charge in [-0.3, -0.25) is 4.79 Å². The predicted octanol–water partition coefficient (Wildman–Crippen LogP) is 2.62. The predicted molar refractivity (Wildman–Crippen MR) is 75.2 cm³/mol. The largest absolute Gasteiger partial charge is 0.373 e. The Bertz CT molecular complexity index is 436. The van der Waals surface area contributed by atoms with Crippen molar-refractivity contribution in [2.45, 2.75) is 26.0 Å². The summed E-state index contributed by atoms with van der Waals surface area (Å²) in [6, 6.07) is 7.87. The molecule has 0 aromatic heterocycles. The number of benzene rings is 1. The van der Waals surface area contributed by atoms with E-state index in [4.69, 9.17) is 4.74 Å². The minimum Gasteiger partial charge on any atom is -0.373 e. The van der Waals surface area contributed by atoms with Crippen LogP contribution >= 0.6 is 15.9 Å². The van der Waals surface area contributed by atoms with Gasteiger partial charge in [-0.05, 0) is 26.0 Å². The van der Waals surface area contributed by atoms with Crippen molar-refractivity contribution in [2.24, 2.45) is 0 Å². The lowest BCUT2D eigenvalue weighted by Crippen LogP contribution is -2.51. The van der Waals surface area contributed by atoms with Gasteiger partial charge in [-0.15, -0.1) is 0 Å². The number of hydrogen-bond acceptors (Lipinski definition) is 2. The van der Waals surface area contributed by atoms with E-state index in [1.807, 2.05) is 43.0 Å². The number of amides is 1. The molecule has 1 aliphatic heterocycles. The lowest BCUT2D eigenvalue weighted by Gasteiger charge is -2.37. The van der Waals surface area contributed by atoms with E-state index in [0.717, 1.165) is 16.5 Å². The van der Waals surface area contributed by atoms with Gasteiger partial charge in [0.25, 0.3) is 5.91 Å². The summed E-state index contributed by atoms with van der Waals surface area (Å²) >= 11 is 3.41. The SMILES string of the molecule is Cc1cccc(C(=O)N2CC(CBr)OCC2C)c1. The van der Waals surface area contributed by atoms with E-state index in [0.29, 0.717) is 13.2 Å². The van der Waals surface area contributed by atoms with E-state index in [1.54, 1.807) is 0 Å². The standard InChI is InChI=1S/C14H18BrNO2/c1-10-4-3-5-12(6-10)14(17)16-8-13(7-15)18-9-11(16)2/h3-6,11,13H,7-9H2,1-2H3. The van der Waals surface area contributed by atoms with Crippen LogP contribution in [0.15, 0.2) is 24.3 Å². The normalized spacial score (nSPS) is 24.1. The Kier molecular flexibility index (Phi) is 4.40. The molecule has 2 rings (SSSR count). The van der Waals surface area contributed by atoms with Gasteiger partial charge in [0.05, 0.1) is 18.8 Å². The smallest absolute Gasteiger partial charge is 0.254 e. The Labute approximate surface area is 116 Å². The zero-order valence-corrected chi connectivity index (χ0v) is 12.3. The molecule has 2 unspecified atom stereocenters. The van der Waals surface area contributed by atoms with Gasteiger partial charge in [0.2, 0.25) is 0 Å². The maximum atomic E-state index is 12.5. The summed E-state index contributed by atoms with van der Waals surface area (Å²) in [4.78, 5) is 14.4. The number of ether oxygens (including phenoxy) is 1. The van der Waals surface area contributed by atoms with Crippen LogP contribution in [0.5, 0.6) is 0 Å². The number of alkyl halides is 1. The van der Waals surface area contributed by atoms with Crippen molar-refractivity contribution in [1.82, 2.24) is 4.90 Å². The second-order valence-electron chi connectivity index (χ2n) is 4.79. The monoisotopic (exact) mass is 311 g/mol. The summed E-state index contributed by atoms with van der Waals surface area (Å²) in [5.41, 5.74) is 1.87. The highest BCUT2D eigenvalue weighted by Crippen LogP contribution is 2.17. The molecule has 0 N–H and O–H groups in total. The molecule has 0 saturated carbocycles. The molecule has 0 aliphatic carbocycles. The van der Waals surface area contributed by atoms with Crippen LogP contribution in [0, 0.1) is 6.92 Å². The van der Waals surface area contributed by atoms with Gasteiger partial charge in [0.15, 0.2) is 0 Å². The summed E-state index contributed by atoms with van der Waals surface area (Å²) in [5.74, 6) is 0.0976. The Balaban J connectivity index is 2.16. The molecule has 18 heavy (non-hydrogen) atoms. The van der Waals surface area contributed by atoms with Crippen LogP contribution in [0.2, 0.25) is 0 Å². The van der Waals surface area contributed by atoms with Gasteiger partial charge >= 0.3 is 0 Å². The third-order valence-corrected chi connectivity index (χ3v) is 3.93. The van der Waals surface area contributed by atoms with Crippen molar-refractivity contribution < 1.29 is 9.53 Å². The molecule has 1 heterocycles. The fourth-order valence-corrected chi connectivity index (χ4v) is 2.53. The topological polar surface area (TPSA) is 29.5 Å². The minimum atomic E-state index is 0.0926. The number of hydrogen-bond donors (Lipinski definition) is 0. The van der Waals surface area contributed by atoms with Gasteiger partial charge in [-0.2, -0.15) is 0 Å². The van der Waals surface area contributed by atoms with Gasteiger partial charge in [0.1, 0.15) is 0 Å². The molecular formula is C14H18BrNO2. The Morgan fingerprint density at radius 2 is 2.33 bits per heavy atom. The van der Waals surface area contributed by atoms with Crippen molar-refractivity contribution in [3.05, 3.63) is 35.4 Å². The molecule has 0 spiro atoms. The molecule has 1 aromatic carbocycles. The number of rotatable bonds is 2. The molecular weight excluding hydrogens is 294 g/mol. The zero-order chi connectivity index (χ0) is 13.1. The molecule has 1 aliphatic rings. The highest BCUT2D eigenvalue weighted by Gasteiger charge is 2.29. The van der Waals surface area contributed by atoms with Gasteiger partial charge in [0, 0.05) is 17.4 Å². The van der Waals surface area contributed by atoms with Crippen molar-refractivity contribution in [1.29, 1.82) is 0 Å². The summed E-state index contributed by atoms with van der Waals surface area (Å²) in [7, 11) is 0. The summed E-state index contributed by atoms with van der Waals surface area (Å²) < 4.78 is 5.64. The summed E-state index contributed by atoms with van der Waals surface area (Å²) in [6.07, 6.45) is 0.0926. The van der Waals surface area contributed by atoms with Gasteiger partial charge in [-0.1, -0.05) is 33.6 Å². The minimum absolute atomic E-state index is 0.0926. The van der Waals surface area contributed by atoms with Crippen LogP contribution in [0.25, 0.3) is 0 Å². The van der Waals surface area contributed by atoms with Gasteiger partial charge in [-0.25, -0.2) is 0 Å². The van der Waals surface area contributed by atoms with Crippen molar-refractivity contribution in [3.63, 3.8) is 0 Å². The van der Waals surface area contributed by atoms with Crippen LogP contribution in [-0.4, -0.2) is 41.4 Å². The number of nitrogens with zero attached hydrogens (tertiary/aromatic N) is 1. The van der Waals surface area contributed by atoms with Crippen LogP contribution in [0.1, 0.15) is 22.8 Å². The van der Waals surface area contributed by atoms with E-state index in [9.17, 15) is 4.79 Å². The van der Waals surface area contributed by atoms with Crippen molar-refractivity contribution >= 4 is 21.8 Å². The molecule has 98 valence electrons. The molecule has 1 saturated heterocycles. The van der Waals surface area contributed by atoms with Gasteiger partial charge < -0.3 is 9.64 Å². The third-order valence-electron chi connectivity index (χ3n) is 3.20. The lowest BCUT2D eigenvalue weighted by molar-refractivity contribution is -0.0361. The highest BCUT2D eigenvalue weighted by atomic mass is 79.9. The second kappa shape index (κ2) is 5.85. The molecule has 0 bridgehead atoms. The quantitative estimate of drug-likeness (QED) is 0.786. The van der Waals surface area contributed by atoms with Crippen molar-refractivity contribution in [3.8, 4) is 0 Å². The Morgan fingerprint density at radius 3 is 3.00 bits per heavy atom. The molecule has 3 nitrogen and oxygen atoms in total. The molecule has 1 fully saturated rings. The first-order valence-electron chi connectivity index (χ1n) is 6.17. The zero-order valence-electron chi connectivity index (χ0n) is 10.7. The average molecular weight is 312 g/mol. The van der Waals surface area contributed by atoms with Crippen molar-refractivity contribution in [2.75, 3.05) is 18.5 Å². The third kappa shape index (κ3) is 2.93. The molecule has 1 amide bonds. The fraction of sp³-hybridized carbons (Fsp3) is 0.500. The maximum Gasteiger partial charge on any atom is 0.254 e. The first-order chi connectivity index (χ1) is 8.61. The molecule has 1 aromatic rings. The number of halogens is 1. The van der Waals surface area contributed by atoms with Crippen LogP contribution < -0.4 is 0 Å². The number of carbonyl (C=O) groups is 1. The summed E-state index contributed by atoms with van der Waals surface area (Å²) in [6.45, 7) is 5.28. The first-order valence-corrected chi connectivity index (χ1v) is 7.29. The molecule has 4 heteroatoms. The van der Waals surface area contributed by atoms with Crippen LogP contribution in [0.3, 0.4) is 0 Å². The number of carbonyl (C=O) groups excluding carboxylic acids is 1. The molecule has 0 radical (unpaired) electrons. The lowest BCUT2D eigenvalue weighted by atomic mass is 10.1. The van der Waals surface area contributed by atoms with E-state index in [-0.39, 0.29) is 18.1 Å². The number of morpholine rings is 1. The Morgan fingerprint density at radius 1 is 1.56 bits per heavy atom. The summed E-state index contributed by atoms with van der Waals surface area (Å²) in [5, 5.41) is 0.761. The van der Waals surface area contributed by atoms with Crippen LogP contribution in [0.4, 0.5) is 0 Å². The molecule has 2 atom stereocenters. The van der Waals surface area contributed by atoms with E-state index in [1.165, 1.54) is 0 Å². The van der Waals surface area contributed by atoms with E-state index in [2.05, 4.69) is 15.9 Å². The first kappa shape index (κ1) is 13.6. The van der Waals surface area contributed by atoms with E-state index < -0.39 is 0 Å². The average Bonchev–Trinajstić information content (AvgIpc) is 2.38.